The highest BCUT2D eigenvalue weighted by atomic mass is 15.2. The third-order valence-electron chi connectivity index (χ3n) is 3.36. The first-order valence-electron chi connectivity index (χ1n) is 6.53. The summed E-state index contributed by atoms with van der Waals surface area (Å²) in [4.78, 5) is 8.11. The second-order valence-electron chi connectivity index (χ2n) is 5.09. The van der Waals surface area contributed by atoms with Crippen molar-refractivity contribution in [1.82, 2.24) is 15.2 Å². The van der Waals surface area contributed by atoms with E-state index in [1.165, 1.54) is 25.5 Å². The highest BCUT2D eigenvalue weighted by molar-refractivity contribution is 5.37. The molecule has 1 saturated heterocycles. The summed E-state index contributed by atoms with van der Waals surface area (Å²) in [5, 5.41) is 3.39. The number of aromatic nitrogens is 1. The van der Waals surface area contributed by atoms with E-state index in [0.29, 0.717) is 5.92 Å². The van der Waals surface area contributed by atoms with E-state index in [9.17, 15) is 0 Å². The van der Waals surface area contributed by atoms with E-state index in [-0.39, 0.29) is 0 Å². The van der Waals surface area contributed by atoms with Crippen molar-refractivity contribution < 1.29 is 0 Å². The fraction of sp³-hybridized carbons (Fsp3) is 0.692. The van der Waals surface area contributed by atoms with Crippen molar-refractivity contribution in [2.45, 2.75) is 6.92 Å². The Morgan fingerprint density at radius 3 is 2.82 bits per heavy atom. The first-order chi connectivity index (χ1) is 8.25. The minimum Gasteiger partial charge on any atom is -0.361 e. The molecule has 0 radical (unpaired) electrons. The average molecular weight is 236 g/mol. The molecular formula is C13H24N4. The summed E-state index contributed by atoms with van der Waals surface area (Å²) < 4.78 is 0. The Morgan fingerprint density at radius 1 is 1.41 bits per heavy atom. The van der Waals surface area contributed by atoms with Gasteiger partial charge in [-0.3, -0.25) is 0 Å². The number of nitrogens with one attached hydrogen (secondary N) is 2. The van der Waals surface area contributed by atoms with Crippen LogP contribution in [0.1, 0.15) is 6.92 Å². The van der Waals surface area contributed by atoms with Crippen LogP contribution in [0.25, 0.3) is 0 Å². The van der Waals surface area contributed by atoms with Gasteiger partial charge in [0, 0.05) is 52.5 Å². The Hall–Kier alpha value is -1.00. The van der Waals surface area contributed by atoms with Crippen molar-refractivity contribution >= 4 is 5.82 Å². The first-order valence-corrected chi connectivity index (χ1v) is 6.53. The fourth-order valence-corrected chi connectivity index (χ4v) is 2.52. The quantitative estimate of drug-likeness (QED) is 0.800. The summed E-state index contributed by atoms with van der Waals surface area (Å²) in [7, 11) is 2.15. The number of rotatable bonds is 5. The van der Waals surface area contributed by atoms with Gasteiger partial charge in [-0.2, -0.15) is 0 Å². The summed E-state index contributed by atoms with van der Waals surface area (Å²) >= 11 is 0. The van der Waals surface area contributed by atoms with E-state index in [1.807, 2.05) is 12.3 Å². The number of nitrogens with zero attached hydrogens (tertiary/aromatic N) is 2. The van der Waals surface area contributed by atoms with Crippen LogP contribution in [0.3, 0.4) is 0 Å². The van der Waals surface area contributed by atoms with Crippen molar-refractivity contribution in [3.8, 4) is 0 Å². The molecule has 1 aliphatic heterocycles. The van der Waals surface area contributed by atoms with Crippen LogP contribution < -0.4 is 10.2 Å². The largest absolute Gasteiger partial charge is 0.361 e. The molecule has 96 valence electrons. The van der Waals surface area contributed by atoms with Gasteiger partial charge in [0.2, 0.25) is 0 Å². The third-order valence-corrected chi connectivity index (χ3v) is 3.36. The van der Waals surface area contributed by atoms with E-state index in [1.54, 1.807) is 0 Å². The monoisotopic (exact) mass is 236 g/mol. The molecule has 2 N–H and O–H groups in total. The van der Waals surface area contributed by atoms with Crippen molar-refractivity contribution in [3.05, 3.63) is 18.3 Å². The highest BCUT2D eigenvalue weighted by Gasteiger charge is 2.14. The Morgan fingerprint density at radius 2 is 2.18 bits per heavy atom. The van der Waals surface area contributed by atoms with E-state index < -0.39 is 0 Å². The normalized spacial score (nSPS) is 19.2. The van der Waals surface area contributed by atoms with Gasteiger partial charge in [-0.05, 0) is 18.1 Å². The molecule has 0 spiro atoms. The van der Waals surface area contributed by atoms with Gasteiger partial charge in [0.05, 0.1) is 0 Å². The molecule has 17 heavy (non-hydrogen) atoms. The molecule has 2 heterocycles. The second kappa shape index (κ2) is 6.07. The zero-order valence-corrected chi connectivity index (χ0v) is 10.9. The van der Waals surface area contributed by atoms with Gasteiger partial charge in [0.25, 0.3) is 0 Å². The molecule has 2 rings (SSSR count). The van der Waals surface area contributed by atoms with Crippen LogP contribution in [-0.2, 0) is 0 Å². The van der Waals surface area contributed by atoms with Crippen molar-refractivity contribution in [3.63, 3.8) is 0 Å². The van der Waals surface area contributed by atoms with Gasteiger partial charge in [-0.15, -0.1) is 0 Å². The summed E-state index contributed by atoms with van der Waals surface area (Å²) in [6.45, 7) is 9.30. The van der Waals surface area contributed by atoms with E-state index >= 15 is 0 Å². The molecule has 0 aromatic carbocycles. The Balaban J connectivity index is 1.74. The fourth-order valence-electron chi connectivity index (χ4n) is 2.52. The number of hydrogen-bond donors (Lipinski definition) is 2. The summed E-state index contributed by atoms with van der Waals surface area (Å²) in [5.41, 5.74) is 0. The molecule has 1 unspecified atom stereocenters. The maximum atomic E-state index is 3.39. The van der Waals surface area contributed by atoms with Gasteiger partial charge in [0.1, 0.15) is 5.82 Å². The van der Waals surface area contributed by atoms with Crippen LogP contribution in [-0.4, -0.2) is 56.2 Å². The average Bonchev–Trinajstić information content (AvgIpc) is 2.83. The minimum atomic E-state index is 0.696. The Kier molecular flexibility index (Phi) is 4.45. The standard InChI is InChI=1S/C13H24N4/c1-12(11-17-8-6-14-7-9-17)10-16(2)13-4-3-5-15-13/h3-5,12,14-15H,6-11H2,1-2H3. The van der Waals surface area contributed by atoms with Crippen LogP contribution in [0, 0.1) is 5.92 Å². The van der Waals surface area contributed by atoms with Crippen molar-refractivity contribution in [2.75, 3.05) is 51.2 Å². The lowest BCUT2D eigenvalue weighted by Crippen LogP contribution is -2.46. The number of hydrogen-bond acceptors (Lipinski definition) is 3. The SMILES string of the molecule is CC(CN1CCNCC1)CN(C)c1ccc[nH]1. The molecule has 0 aliphatic carbocycles. The molecule has 1 aliphatic rings. The van der Waals surface area contributed by atoms with Crippen LogP contribution in [0.2, 0.25) is 0 Å². The Labute approximate surface area is 104 Å². The van der Waals surface area contributed by atoms with Crippen LogP contribution in [0.5, 0.6) is 0 Å². The van der Waals surface area contributed by atoms with Gasteiger partial charge in [-0.1, -0.05) is 6.92 Å². The minimum absolute atomic E-state index is 0.696. The maximum absolute atomic E-state index is 3.39. The summed E-state index contributed by atoms with van der Waals surface area (Å²) in [6, 6.07) is 4.17. The van der Waals surface area contributed by atoms with E-state index in [0.717, 1.165) is 19.6 Å². The van der Waals surface area contributed by atoms with Crippen molar-refractivity contribution in [1.29, 1.82) is 0 Å². The van der Waals surface area contributed by atoms with E-state index in [4.69, 9.17) is 0 Å². The van der Waals surface area contributed by atoms with Crippen LogP contribution >= 0.6 is 0 Å². The molecule has 4 heteroatoms. The van der Waals surface area contributed by atoms with E-state index in [2.05, 4.69) is 40.1 Å². The third kappa shape index (κ3) is 3.75. The summed E-state index contributed by atoms with van der Waals surface area (Å²) in [6.07, 6.45) is 1.98. The van der Waals surface area contributed by atoms with Crippen LogP contribution in [0.4, 0.5) is 5.82 Å². The topological polar surface area (TPSA) is 34.3 Å². The number of anilines is 1. The zero-order chi connectivity index (χ0) is 12.1. The van der Waals surface area contributed by atoms with Gasteiger partial charge in [0.15, 0.2) is 0 Å². The maximum Gasteiger partial charge on any atom is 0.105 e. The van der Waals surface area contributed by atoms with Gasteiger partial charge in [-0.25, -0.2) is 0 Å². The molecule has 0 bridgehead atoms. The first kappa shape index (κ1) is 12.5. The summed E-state index contributed by atoms with van der Waals surface area (Å²) in [5.74, 6) is 1.90. The lowest BCUT2D eigenvalue weighted by molar-refractivity contribution is 0.213. The number of H-pyrrole nitrogens is 1. The van der Waals surface area contributed by atoms with Crippen molar-refractivity contribution in [2.24, 2.45) is 5.92 Å². The number of piperazine rings is 1. The lowest BCUT2D eigenvalue weighted by Gasteiger charge is -2.31. The molecule has 0 saturated carbocycles. The van der Waals surface area contributed by atoms with Gasteiger partial charge >= 0.3 is 0 Å². The zero-order valence-electron chi connectivity index (χ0n) is 10.9. The molecule has 1 atom stereocenters. The Bertz CT molecular complexity index is 303. The molecule has 0 amide bonds. The smallest absolute Gasteiger partial charge is 0.105 e. The molecule has 4 nitrogen and oxygen atoms in total. The predicted molar refractivity (Wildman–Crippen MR) is 72.5 cm³/mol. The highest BCUT2D eigenvalue weighted by Crippen LogP contribution is 2.11. The molecule has 1 aromatic heterocycles. The van der Waals surface area contributed by atoms with Crippen LogP contribution in [0.15, 0.2) is 18.3 Å². The molecule has 1 fully saturated rings. The van der Waals surface area contributed by atoms with Gasteiger partial charge < -0.3 is 20.1 Å². The molecular weight excluding hydrogens is 212 g/mol. The molecule has 1 aromatic rings. The lowest BCUT2D eigenvalue weighted by atomic mass is 10.1. The predicted octanol–water partition coefficient (Wildman–Crippen LogP) is 0.992. The number of aromatic amines is 1. The second-order valence-corrected chi connectivity index (χ2v) is 5.09.